The van der Waals surface area contributed by atoms with Crippen LogP contribution in [0.4, 0.5) is 0 Å². The number of hydrogen-bond acceptors (Lipinski definition) is 4. The Morgan fingerprint density at radius 2 is 1.58 bits per heavy atom. The fourth-order valence-corrected chi connectivity index (χ4v) is 4.71. The van der Waals surface area contributed by atoms with Gasteiger partial charge >= 0.3 is 0 Å². The van der Waals surface area contributed by atoms with Gasteiger partial charge in [0.2, 0.25) is 0 Å². The molecule has 0 aromatic heterocycles. The van der Waals surface area contributed by atoms with Crippen molar-refractivity contribution >= 4 is 29.0 Å². The molecule has 0 N–H and O–H groups in total. The molecule has 0 aliphatic carbocycles. The van der Waals surface area contributed by atoms with Gasteiger partial charge < -0.3 is 9.80 Å². The highest BCUT2D eigenvalue weighted by atomic mass is 35.5. The van der Waals surface area contributed by atoms with Gasteiger partial charge in [0.25, 0.3) is 11.8 Å². The van der Waals surface area contributed by atoms with E-state index in [1.807, 2.05) is 19.2 Å². The number of rotatable bonds is 10. The average molecular weight is 446 g/mol. The first kappa shape index (κ1) is 23.8. The van der Waals surface area contributed by atoms with E-state index in [-0.39, 0.29) is 17.9 Å². The molecule has 0 radical (unpaired) electrons. The van der Waals surface area contributed by atoms with Gasteiger partial charge in [-0.05, 0) is 57.1 Å². The molecule has 1 aromatic rings. The summed E-state index contributed by atoms with van der Waals surface area (Å²) in [7, 11) is 4.10. The topological polar surface area (TPSA) is 43.9 Å². The number of benzene rings is 1. The Hall–Kier alpha value is -1.85. The highest BCUT2D eigenvalue weighted by Gasteiger charge is 2.42. The standard InChI is InChI=1S/C25H36ClN3O2/c1-4-5-6-7-8-9-16-29-24(30)22(19-10-12-20(26)13-11-19)23(25(29)31)28(3)21-14-17-27(2)18-15-21/h10-13,21H,4-9,14-18H2,1-3H3. The van der Waals surface area contributed by atoms with Gasteiger partial charge in [-0.2, -0.15) is 0 Å². The van der Waals surface area contributed by atoms with E-state index in [4.69, 9.17) is 11.6 Å². The summed E-state index contributed by atoms with van der Waals surface area (Å²) in [6.07, 6.45) is 8.72. The van der Waals surface area contributed by atoms with Crippen LogP contribution in [-0.2, 0) is 9.59 Å². The lowest BCUT2D eigenvalue weighted by atomic mass is 10.0. The molecule has 0 atom stereocenters. The first-order chi connectivity index (χ1) is 14.9. The van der Waals surface area contributed by atoms with Crippen LogP contribution in [0.15, 0.2) is 30.0 Å². The minimum absolute atomic E-state index is 0.148. The van der Waals surface area contributed by atoms with E-state index in [1.165, 1.54) is 24.2 Å². The molecule has 0 unspecified atom stereocenters. The quantitative estimate of drug-likeness (QED) is 0.383. The maximum Gasteiger partial charge on any atom is 0.277 e. The fraction of sp³-hybridized carbons (Fsp3) is 0.600. The zero-order valence-corrected chi connectivity index (χ0v) is 20.0. The van der Waals surface area contributed by atoms with Crippen molar-refractivity contribution in [3.63, 3.8) is 0 Å². The van der Waals surface area contributed by atoms with Crippen molar-refractivity contribution in [1.82, 2.24) is 14.7 Å². The number of unbranched alkanes of at least 4 members (excludes halogenated alkanes) is 5. The van der Waals surface area contributed by atoms with Gasteiger partial charge in [0.1, 0.15) is 5.70 Å². The Kier molecular flexibility index (Phi) is 8.56. The second kappa shape index (κ2) is 11.1. The van der Waals surface area contributed by atoms with Crippen LogP contribution in [0.5, 0.6) is 0 Å². The third-order valence-corrected chi connectivity index (χ3v) is 6.85. The van der Waals surface area contributed by atoms with Crippen LogP contribution in [0.2, 0.25) is 5.02 Å². The molecule has 0 saturated carbocycles. The average Bonchev–Trinajstić information content (AvgIpc) is 3.01. The van der Waals surface area contributed by atoms with Crippen LogP contribution in [0.3, 0.4) is 0 Å². The molecule has 31 heavy (non-hydrogen) atoms. The van der Waals surface area contributed by atoms with Crippen molar-refractivity contribution in [3.8, 4) is 0 Å². The Bertz CT molecular complexity index is 797. The van der Waals surface area contributed by atoms with E-state index in [0.717, 1.165) is 50.8 Å². The molecule has 2 heterocycles. The summed E-state index contributed by atoms with van der Waals surface area (Å²) in [4.78, 5) is 32.7. The molecule has 2 aliphatic heterocycles. The van der Waals surface area contributed by atoms with Crippen molar-refractivity contribution in [3.05, 3.63) is 40.5 Å². The van der Waals surface area contributed by atoms with Crippen LogP contribution in [-0.4, -0.2) is 66.3 Å². The van der Waals surface area contributed by atoms with Gasteiger partial charge in [0, 0.05) is 24.7 Å². The molecule has 2 amide bonds. The number of amides is 2. The number of nitrogens with zero attached hydrogens (tertiary/aromatic N) is 3. The summed E-state index contributed by atoms with van der Waals surface area (Å²) in [5, 5.41) is 0.621. The number of halogens is 1. The Labute approximate surface area is 192 Å². The van der Waals surface area contributed by atoms with E-state index in [0.29, 0.717) is 22.8 Å². The normalized spacial score (nSPS) is 18.4. The number of carbonyl (C=O) groups is 2. The second-order valence-corrected chi connectivity index (χ2v) is 9.34. The molecular formula is C25H36ClN3O2. The molecule has 6 heteroatoms. The minimum Gasteiger partial charge on any atom is -0.366 e. The number of carbonyl (C=O) groups excluding carboxylic acids is 2. The number of likely N-dealkylation sites (N-methyl/N-ethyl adjacent to an activating group) is 1. The molecule has 1 fully saturated rings. The van der Waals surface area contributed by atoms with Crippen LogP contribution >= 0.6 is 11.6 Å². The van der Waals surface area contributed by atoms with Crippen molar-refractivity contribution in [2.45, 2.75) is 64.3 Å². The molecule has 3 rings (SSSR count). The number of hydrogen-bond donors (Lipinski definition) is 0. The van der Waals surface area contributed by atoms with Gasteiger partial charge in [-0.1, -0.05) is 62.8 Å². The van der Waals surface area contributed by atoms with Crippen molar-refractivity contribution in [1.29, 1.82) is 0 Å². The third kappa shape index (κ3) is 5.69. The maximum atomic E-state index is 13.5. The summed E-state index contributed by atoms with van der Waals surface area (Å²) < 4.78 is 0. The molecule has 0 spiro atoms. The van der Waals surface area contributed by atoms with Crippen LogP contribution in [0.25, 0.3) is 5.57 Å². The van der Waals surface area contributed by atoms with Gasteiger partial charge in [-0.25, -0.2) is 0 Å². The summed E-state index contributed by atoms with van der Waals surface area (Å²) in [6.45, 7) is 4.70. The molecule has 1 saturated heterocycles. The van der Waals surface area contributed by atoms with Crippen molar-refractivity contribution in [2.75, 3.05) is 33.7 Å². The first-order valence-electron chi connectivity index (χ1n) is 11.7. The van der Waals surface area contributed by atoms with Gasteiger partial charge in [-0.3, -0.25) is 14.5 Å². The highest BCUT2D eigenvalue weighted by Crippen LogP contribution is 2.34. The highest BCUT2D eigenvalue weighted by molar-refractivity contribution is 6.36. The van der Waals surface area contributed by atoms with E-state index in [1.54, 1.807) is 12.1 Å². The number of imide groups is 1. The Morgan fingerprint density at radius 3 is 2.23 bits per heavy atom. The summed E-state index contributed by atoms with van der Waals surface area (Å²) in [5.41, 5.74) is 1.84. The monoisotopic (exact) mass is 445 g/mol. The lowest BCUT2D eigenvalue weighted by Gasteiger charge is -2.36. The predicted molar refractivity (Wildman–Crippen MR) is 127 cm³/mol. The van der Waals surface area contributed by atoms with Gasteiger partial charge in [0.05, 0.1) is 5.57 Å². The van der Waals surface area contributed by atoms with E-state index in [2.05, 4.69) is 23.8 Å². The summed E-state index contributed by atoms with van der Waals surface area (Å²) in [5.74, 6) is -0.319. The van der Waals surface area contributed by atoms with Crippen molar-refractivity contribution < 1.29 is 9.59 Å². The van der Waals surface area contributed by atoms with Gasteiger partial charge in [0.15, 0.2) is 0 Å². The zero-order valence-electron chi connectivity index (χ0n) is 19.2. The molecule has 1 aromatic carbocycles. The fourth-order valence-electron chi connectivity index (χ4n) is 4.59. The third-order valence-electron chi connectivity index (χ3n) is 6.60. The SMILES string of the molecule is CCCCCCCCN1C(=O)C(c2ccc(Cl)cc2)=C(N(C)C2CCN(C)CC2)C1=O. The first-order valence-corrected chi connectivity index (χ1v) is 12.1. The van der Waals surface area contributed by atoms with E-state index >= 15 is 0 Å². The minimum atomic E-state index is -0.171. The lowest BCUT2D eigenvalue weighted by Crippen LogP contribution is -2.43. The maximum absolute atomic E-state index is 13.5. The van der Waals surface area contributed by atoms with Gasteiger partial charge in [-0.15, -0.1) is 0 Å². The molecular weight excluding hydrogens is 410 g/mol. The second-order valence-electron chi connectivity index (χ2n) is 8.91. The molecule has 0 bridgehead atoms. The van der Waals surface area contributed by atoms with E-state index < -0.39 is 0 Å². The smallest absolute Gasteiger partial charge is 0.277 e. The largest absolute Gasteiger partial charge is 0.366 e. The summed E-state index contributed by atoms with van der Waals surface area (Å²) in [6, 6.07) is 7.52. The molecule has 2 aliphatic rings. The van der Waals surface area contributed by atoms with E-state index in [9.17, 15) is 9.59 Å². The summed E-state index contributed by atoms with van der Waals surface area (Å²) >= 11 is 6.07. The zero-order chi connectivity index (χ0) is 22.4. The molecule has 170 valence electrons. The predicted octanol–water partition coefficient (Wildman–Crippen LogP) is 4.81. The Balaban J connectivity index is 1.80. The Morgan fingerprint density at radius 1 is 0.968 bits per heavy atom. The van der Waals surface area contributed by atoms with Crippen LogP contribution < -0.4 is 0 Å². The van der Waals surface area contributed by atoms with Crippen LogP contribution in [0.1, 0.15) is 63.9 Å². The molecule has 5 nitrogen and oxygen atoms in total. The number of piperidine rings is 1. The lowest BCUT2D eigenvalue weighted by molar-refractivity contribution is -0.137. The number of likely N-dealkylation sites (tertiary alicyclic amines) is 1. The van der Waals surface area contributed by atoms with Crippen molar-refractivity contribution in [2.24, 2.45) is 0 Å². The van der Waals surface area contributed by atoms with Crippen LogP contribution in [0, 0.1) is 0 Å².